The second-order valence-electron chi connectivity index (χ2n) is 6.67. The van der Waals surface area contributed by atoms with E-state index in [1.165, 1.54) is 6.07 Å². The molecule has 0 spiro atoms. The Hall–Kier alpha value is -3.22. The van der Waals surface area contributed by atoms with Crippen LogP contribution in [0.25, 0.3) is 5.69 Å². The van der Waals surface area contributed by atoms with Crippen LogP contribution in [0.4, 0.5) is 4.39 Å². The third kappa shape index (κ3) is 3.60. The van der Waals surface area contributed by atoms with Gasteiger partial charge in [0.15, 0.2) is 5.69 Å². The number of ether oxygens (including phenoxy) is 2. The highest BCUT2D eigenvalue weighted by molar-refractivity contribution is 5.89. The molecule has 2 heterocycles. The van der Waals surface area contributed by atoms with E-state index >= 15 is 0 Å². The minimum Gasteiger partial charge on any atom is -0.488 e. The molecule has 0 atom stereocenters. The molecular formula is C21H20FN3O3. The first-order valence-corrected chi connectivity index (χ1v) is 9.21. The first kappa shape index (κ1) is 18.2. The van der Waals surface area contributed by atoms with Gasteiger partial charge in [0.25, 0.3) is 0 Å². The van der Waals surface area contributed by atoms with Crippen molar-refractivity contribution in [1.82, 2.24) is 14.8 Å². The average Bonchev–Trinajstić information content (AvgIpc) is 3.29. The molecule has 3 aromatic rings. The number of fused-ring (bicyclic) bond motifs is 1. The summed E-state index contributed by atoms with van der Waals surface area (Å²) in [6, 6.07) is 8.52. The highest BCUT2D eigenvalue weighted by atomic mass is 19.1. The van der Waals surface area contributed by atoms with E-state index < -0.39 is 5.97 Å². The first-order chi connectivity index (χ1) is 13.6. The number of benzene rings is 1. The van der Waals surface area contributed by atoms with Gasteiger partial charge in [-0.1, -0.05) is 6.07 Å². The molecule has 4 rings (SSSR count). The average molecular weight is 381 g/mol. The van der Waals surface area contributed by atoms with E-state index in [1.807, 2.05) is 13.0 Å². The fourth-order valence-corrected chi connectivity index (χ4v) is 3.38. The molecule has 0 fully saturated rings. The van der Waals surface area contributed by atoms with Crippen molar-refractivity contribution in [1.29, 1.82) is 0 Å². The predicted molar refractivity (Wildman–Crippen MR) is 100 cm³/mol. The van der Waals surface area contributed by atoms with Crippen molar-refractivity contribution in [3.05, 3.63) is 71.1 Å². The summed E-state index contributed by atoms with van der Waals surface area (Å²) in [5.74, 6) is -0.264. The van der Waals surface area contributed by atoms with Crippen molar-refractivity contribution in [2.45, 2.75) is 26.2 Å². The van der Waals surface area contributed by atoms with Crippen molar-refractivity contribution < 1.29 is 18.7 Å². The third-order valence-corrected chi connectivity index (χ3v) is 4.67. The van der Waals surface area contributed by atoms with Crippen LogP contribution >= 0.6 is 0 Å². The molecule has 7 heteroatoms. The summed E-state index contributed by atoms with van der Waals surface area (Å²) in [5, 5.41) is 4.38. The summed E-state index contributed by atoms with van der Waals surface area (Å²) >= 11 is 0. The highest BCUT2D eigenvalue weighted by Gasteiger charge is 2.28. The minimum absolute atomic E-state index is 0.0915. The largest absolute Gasteiger partial charge is 0.488 e. The molecule has 6 nitrogen and oxygen atoms in total. The molecule has 2 aromatic heterocycles. The van der Waals surface area contributed by atoms with Gasteiger partial charge in [0, 0.05) is 17.5 Å². The van der Waals surface area contributed by atoms with Crippen molar-refractivity contribution in [2.24, 2.45) is 0 Å². The van der Waals surface area contributed by atoms with Crippen LogP contribution in [-0.2, 0) is 17.6 Å². The van der Waals surface area contributed by atoms with Gasteiger partial charge in [0.05, 0.1) is 6.20 Å². The number of aromatic nitrogens is 3. The van der Waals surface area contributed by atoms with Crippen LogP contribution in [0.1, 0.15) is 33.7 Å². The lowest BCUT2D eigenvalue weighted by molar-refractivity contribution is 0.0441. The molecule has 1 aromatic carbocycles. The van der Waals surface area contributed by atoms with E-state index in [1.54, 1.807) is 35.3 Å². The van der Waals surface area contributed by atoms with Gasteiger partial charge < -0.3 is 9.47 Å². The maximum atomic E-state index is 14.4. The van der Waals surface area contributed by atoms with E-state index in [4.69, 9.17) is 9.47 Å². The molecule has 0 saturated carbocycles. The number of aryl methyl sites for hydroxylation is 1. The molecule has 0 N–H and O–H groups in total. The summed E-state index contributed by atoms with van der Waals surface area (Å²) in [5.41, 5.74) is 3.16. The fourth-order valence-electron chi connectivity index (χ4n) is 3.38. The minimum atomic E-state index is -0.515. The molecule has 0 saturated heterocycles. The SMILES string of the molecule is Cc1ccc(-n2nc(C(=O)OCCOc3cccnc3)c3c2CCC3)c(F)c1. The standard InChI is InChI=1S/C21H20FN3O3/c1-14-7-8-19(17(22)12-14)25-18-6-2-5-16(18)20(24-25)21(26)28-11-10-27-15-4-3-9-23-13-15/h3-4,7-9,12-13H,2,5-6,10-11H2,1H3. The summed E-state index contributed by atoms with van der Waals surface area (Å²) in [6.45, 7) is 2.14. The Balaban J connectivity index is 1.48. The lowest BCUT2D eigenvalue weighted by Crippen LogP contribution is -2.14. The number of pyridine rings is 1. The van der Waals surface area contributed by atoms with Crippen molar-refractivity contribution >= 4 is 5.97 Å². The maximum Gasteiger partial charge on any atom is 0.359 e. The van der Waals surface area contributed by atoms with Gasteiger partial charge in [-0.3, -0.25) is 4.98 Å². The van der Waals surface area contributed by atoms with Crippen LogP contribution in [0.2, 0.25) is 0 Å². The Morgan fingerprint density at radius 2 is 2.14 bits per heavy atom. The Morgan fingerprint density at radius 3 is 2.93 bits per heavy atom. The first-order valence-electron chi connectivity index (χ1n) is 9.21. The van der Waals surface area contributed by atoms with Crippen LogP contribution in [0, 0.1) is 12.7 Å². The van der Waals surface area contributed by atoms with Gasteiger partial charge in [0.2, 0.25) is 0 Å². The van der Waals surface area contributed by atoms with Gasteiger partial charge in [-0.15, -0.1) is 0 Å². The molecule has 0 radical (unpaired) electrons. The zero-order valence-electron chi connectivity index (χ0n) is 15.5. The number of carbonyl (C=O) groups excluding carboxylic acids is 1. The Bertz CT molecular complexity index is 1000. The van der Waals surface area contributed by atoms with Crippen LogP contribution in [-0.4, -0.2) is 33.9 Å². The van der Waals surface area contributed by atoms with Crippen LogP contribution in [0.3, 0.4) is 0 Å². The predicted octanol–water partition coefficient (Wildman–Crippen LogP) is 3.44. The van der Waals surface area contributed by atoms with Gasteiger partial charge >= 0.3 is 5.97 Å². The van der Waals surface area contributed by atoms with Gasteiger partial charge in [-0.25, -0.2) is 13.9 Å². The van der Waals surface area contributed by atoms with E-state index in [0.29, 0.717) is 11.4 Å². The zero-order valence-corrected chi connectivity index (χ0v) is 15.5. The van der Waals surface area contributed by atoms with E-state index in [-0.39, 0.29) is 24.7 Å². The lowest BCUT2D eigenvalue weighted by atomic mass is 10.2. The third-order valence-electron chi connectivity index (χ3n) is 4.67. The zero-order chi connectivity index (χ0) is 19.5. The van der Waals surface area contributed by atoms with E-state index in [9.17, 15) is 9.18 Å². The highest BCUT2D eigenvalue weighted by Crippen LogP contribution is 2.29. The second-order valence-corrected chi connectivity index (χ2v) is 6.67. The summed E-state index contributed by atoms with van der Waals surface area (Å²) < 4.78 is 26.8. The summed E-state index contributed by atoms with van der Waals surface area (Å²) in [7, 11) is 0. The van der Waals surface area contributed by atoms with Crippen LogP contribution in [0.15, 0.2) is 42.7 Å². The van der Waals surface area contributed by atoms with Crippen molar-refractivity contribution in [2.75, 3.05) is 13.2 Å². The summed E-state index contributed by atoms with van der Waals surface area (Å²) in [6.07, 6.45) is 5.64. The molecule has 1 aliphatic carbocycles. The monoisotopic (exact) mass is 381 g/mol. The molecule has 0 unspecified atom stereocenters. The van der Waals surface area contributed by atoms with Gasteiger partial charge in [-0.2, -0.15) is 5.10 Å². The normalized spacial score (nSPS) is 12.6. The fraction of sp³-hybridized carbons (Fsp3) is 0.286. The number of carbonyl (C=O) groups is 1. The number of rotatable bonds is 6. The number of hydrogen-bond acceptors (Lipinski definition) is 5. The summed E-state index contributed by atoms with van der Waals surface area (Å²) in [4.78, 5) is 16.5. The molecular weight excluding hydrogens is 361 g/mol. The second kappa shape index (κ2) is 7.80. The quantitative estimate of drug-likeness (QED) is 0.483. The Kier molecular flexibility index (Phi) is 5.06. The maximum absolute atomic E-state index is 14.4. The lowest BCUT2D eigenvalue weighted by Gasteiger charge is -2.08. The Labute approximate surface area is 161 Å². The molecule has 0 aliphatic heterocycles. The van der Waals surface area contributed by atoms with E-state index in [0.717, 1.165) is 36.1 Å². The number of halogens is 1. The van der Waals surface area contributed by atoms with Crippen molar-refractivity contribution in [3.8, 4) is 11.4 Å². The van der Waals surface area contributed by atoms with Crippen LogP contribution in [0.5, 0.6) is 5.75 Å². The van der Waals surface area contributed by atoms with Crippen molar-refractivity contribution in [3.63, 3.8) is 0 Å². The topological polar surface area (TPSA) is 66.2 Å². The molecule has 1 aliphatic rings. The van der Waals surface area contributed by atoms with Gasteiger partial charge in [-0.05, 0) is 56.0 Å². The smallest absolute Gasteiger partial charge is 0.359 e. The number of nitrogens with zero attached hydrogens (tertiary/aromatic N) is 3. The molecule has 28 heavy (non-hydrogen) atoms. The molecule has 0 amide bonds. The van der Waals surface area contributed by atoms with E-state index in [2.05, 4.69) is 10.1 Å². The number of esters is 1. The Morgan fingerprint density at radius 1 is 1.25 bits per heavy atom. The number of hydrogen-bond donors (Lipinski definition) is 0. The molecule has 0 bridgehead atoms. The van der Waals surface area contributed by atoms with Gasteiger partial charge in [0.1, 0.15) is 30.5 Å². The van der Waals surface area contributed by atoms with Crippen LogP contribution < -0.4 is 4.74 Å². The molecule has 144 valence electrons.